The molecule has 188 valence electrons. The summed E-state index contributed by atoms with van der Waals surface area (Å²) in [4.78, 5) is 16.5. The van der Waals surface area contributed by atoms with Gasteiger partial charge in [0.25, 0.3) is 15.9 Å². The van der Waals surface area contributed by atoms with Crippen LogP contribution in [-0.2, 0) is 27.2 Å². The molecule has 0 saturated carbocycles. The number of fused-ring (bicyclic) bond motifs is 1. The predicted octanol–water partition coefficient (Wildman–Crippen LogP) is 3.55. The van der Waals surface area contributed by atoms with Gasteiger partial charge >= 0.3 is 6.03 Å². The van der Waals surface area contributed by atoms with E-state index in [1.165, 1.54) is 17.9 Å². The minimum atomic E-state index is -4.35. The van der Waals surface area contributed by atoms with Crippen LogP contribution in [0.3, 0.4) is 0 Å². The molecule has 0 aromatic carbocycles. The van der Waals surface area contributed by atoms with Gasteiger partial charge in [0.15, 0.2) is 4.90 Å². The number of ether oxygens (including phenoxy) is 2. The normalized spacial score (nSPS) is 16.4. The van der Waals surface area contributed by atoms with Crippen molar-refractivity contribution in [2.75, 3.05) is 19.0 Å². The zero-order chi connectivity index (χ0) is 25.4. The first-order valence-electron chi connectivity index (χ1n) is 10.7. The van der Waals surface area contributed by atoms with E-state index >= 15 is 0 Å². The fourth-order valence-corrected chi connectivity index (χ4v) is 4.50. The molecule has 2 amide bonds. The number of sulfonamides is 1. The lowest BCUT2D eigenvalue weighted by Crippen LogP contribution is -2.36. The van der Waals surface area contributed by atoms with E-state index in [9.17, 15) is 22.0 Å². The van der Waals surface area contributed by atoms with Gasteiger partial charge < -0.3 is 14.8 Å². The third kappa shape index (κ3) is 5.30. The molecule has 13 heteroatoms. The fraction of sp³-hybridized carbons (Fsp3) is 0.571. The van der Waals surface area contributed by atoms with Crippen LogP contribution in [-0.4, -0.2) is 49.0 Å². The first-order valence-corrected chi connectivity index (χ1v) is 12.2. The number of nitrogens with one attached hydrogen (secondary N) is 2. The van der Waals surface area contributed by atoms with Gasteiger partial charge in [-0.05, 0) is 23.5 Å². The number of carbonyl (C=O) groups is 1. The molecule has 0 spiro atoms. The van der Waals surface area contributed by atoms with Gasteiger partial charge in [-0.3, -0.25) is 0 Å². The first kappa shape index (κ1) is 25.8. The Morgan fingerprint density at radius 2 is 1.97 bits per heavy atom. The third-order valence-electron chi connectivity index (χ3n) is 5.33. The average molecular weight is 502 g/mol. The van der Waals surface area contributed by atoms with E-state index in [0.29, 0.717) is 12.1 Å². The number of anilines is 1. The van der Waals surface area contributed by atoms with Gasteiger partial charge in [0.2, 0.25) is 5.88 Å². The summed E-state index contributed by atoms with van der Waals surface area (Å²) < 4.78 is 67.8. The van der Waals surface area contributed by atoms with Gasteiger partial charge in [0, 0.05) is 14.0 Å². The maximum Gasteiger partial charge on any atom is 0.333 e. The summed E-state index contributed by atoms with van der Waals surface area (Å²) in [6.07, 6.45) is 0.802. The SMILES string of the molecule is COC1COc2c(S(=O)(=O)NC(=O)Nc3c(C(C)C)cc(C(C)(F)F)nc3C(C)C)cnn2C1. The maximum absolute atomic E-state index is 14.0. The van der Waals surface area contributed by atoms with Crippen molar-refractivity contribution in [2.45, 2.75) is 69.9 Å². The molecule has 0 saturated heterocycles. The summed E-state index contributed by atoms with van der Waals surface area (Å²) in [6.45, 7) is 8.22. The summed E-state index contributed by atoms with van der Waals surface area (Å²) in [5, 5.41) is 6.51. The Bertz CT molecular complexity index is 1150. The first-order chi connectivity index (χ1) is 15.7. The van der Waals surface area contributed by atoms with Crippen molar-refractivity contribution < 1.29 is 31.5 Å². The molecule has 2 N–H and O–H groups in total. The number of urea groups is 1. The largest absolute Gasteiger partial charge is 0.474 e. The Hall–Kier alpha value is -2.80. The van der Waals surface area contributed by atoms with E-state index in [4.69, 9.17) is 9.47 Å². The van der Waals surface area contributed by atoms with E-state index in [1.54, 1.807) is 27.7 Å². The minimum absolute atomic E-state index is 0.00413. The minimum Gasteiger partial charge on any atom is -0.474 e. The molecule has 0 bridgehead atoms. The van der Waals surface area contributed by atoms with E-state index in [1.807, 2.05) is 4.72 Å². The Labute approximate surface area is 197 Å². The van der Waals surface area contributed by atoms with E-state index in [0.717, 1.165) is 13.1 Å². The van der Waals surface area contributed by atoms with E-state index in [-0.39, 0.29) is 46.7 Å². The van der Waals surface area contributed by atoms with Gasteiger partial charge in [-0.1, -0.05) is 27.7 Å². The van der Waals surface area contributed by atoms with E-state index < -0.39 is 27.7 Å². The number of halogens is 2. The summed E-state index contributed by atoms with van der Waals surface area (Å²) in [7, 11) is -2.85. The van der Waals surface area contributed by atoms with Crippen LogP contribution in [0.15, 0.2) is 17.2 Å². The summed E-state index contributed by atoms with van der Waals surface area (Å²) in [6, 6.07) is 0.168. The quantitative estimate of drug-likeness (QED) is 0.594. The lowest BCUT2D eigenvalue weighted by molar-refractivity contribution is 0.0124. The zero-order valence-corrected chi connectivity index (χ0v) is 20.7. The summed E-state index contributed by atoms with van der Waals surface area (Å²) in [5.41, 5.74) is 0.421. The molecule has 1 aliphatic heterocycles. The number of aromatic nitrogens is 3. The van der Waals surface area contributed by atoms with Gasteiger partial charge in [-0.25, -0.2) is 27.6 Å². The van der Waals surface area contributed by atoms with Crippen molar-refractivity contribution >= 4 is 21.7 Å². The van der Waals surface area contributed by atoms with Gasteiger partial charge in [-0.2, -0.15) is 13.9 Å². The van der Waals surface area contributed by atoms with Crippen LogP contribution < -0.4 is 14.8 Å². The smallest absolute Gasteiger partial charge is 0.333 e. The molecule has 34 heavy (non-hydrogen) atoms. The van der Waals surface area contributed by atoms with Gasteiger partial charge in [0.05, 0.1) is 24.1 Å². The van der Waals surface area contributed by atoms with Crippen LogP contribution in [0.1, 0.15) is 63.4 Å². The Morgan fingerprint density at radius 3 is 2.53 bits per heavy atom. The summed E-state index contributed by atoms with van der Waals surface area (Å²) in [5.74, 6) is -3.76. The van der Waals surface area contributed by atoms with Crippen molar-refractivity contribution in [3.63, 3.8) is 0 Å². The molecule has 0 radical (unpaired) electrons. The highest BCUT2D eigenvalue weighted by Crippen LogP contribution is 2.36. The molecular weight excluding hydrogens is 472 g/mol. The number of carbonyl (C=O) groups excluding carboxylic acids is 1. The molecule has 1 unspecified atom stereocenters. The molecule has 3 heterocycles. The Balaban J connectivity index is 1.91. The van der Waals surface area contributed by atoms with Crippen LogP contribution >= 0.6 is 0 Å². The fourth-order valence-electron chi connectivity index (χ4n) is 3.51. The molecular formula is C21H29F2N5O5S. The number of nitrogens with zero attached hydrogens (tertiary/aromatic N) is 3. The highest BCUT2D eigenvalue weighted by molar-refractivity contribution is 7.90. The zero-order valence-electron chi connectivity index (χ0n) is 19.8. The second-order valence-electron chi connectivity index (χ2n) is 8.78. The molecule has 2 aromatic rings. The number of hydrogen-bond acceptors (Lipinski definition) is 7. The monoisotopic (exact) mass is 501 g/mol. The highest BCUT2D eigenvalue weighted by Gasteiger charge is 2.33. The molecule has 0 fully saturated rings. The van der Waals surface area contributed by atoms with Crippen LogP contribution in [0.4, 0.5) is 19.3 Å². The number of alkyl halides is 2. The van der Waals surface area contributed by atoms with Crippen molar-refractivity contribution in [2.24, 2.45) is 0 Å². The predicted molar refractivity (Wildman–Crippen MR) is 120 cm³/mol. The maximum atomic E-state index is 14.0. The topological polar surface area (TPSA) is 124 Å². The van der Waals surface area contributed by atoms with Gasteiger partial charge in [0.1, 0.15) is 18.4 Å². The third-order valence-corrected chi connectivity index (χ3v) is 6.64. The van der Waals surface area contributed by atoms with Crippen LogP contribution in [0, 0.1) is 0 Å². The Kier molecular flexibility index (Phi) is 7.18. The second-order valence-corrected chi connectivity index (χ2v) is 10.4. The molecule has 10 nitrogen and oxygen atoms in total. The molecule has 0 aliphatic carbocycles. The highest BCUT2D eigenvalue weighted by atomic mass is 32.2. The number of amides is 2. The van der Waals surface area contributed by atoms with Crippen molar-refractivity contribution in [3.05, 3.63) is 29.2 Å². The van der Waals surface area contributed by atoms with Crippen molar-refractivity contribution in [1.82, 2.24) is 19.5 Å². The van der Waals surface area contributed by atoms with Crippen molar-refractivity contribution in [1.29, 1.82) is 0 Å². The molecule has 1 aliphatic rings. The molecule has 3 rings (SSSR count). The number of hydrogen-bond donors (Lipinski definition) is 2. The number of rotatable bonds is 7. The van der Waals surface area contributed by atoms with Crippen LogP contribution in [0.25, 0.3) is 0 Å². The average Bonchev–Trinajstić information content (AvgIpc) is 3.16. The van der Waals surface area contributed by atoms with Crippen LogP contribution in [0.5, 0.6) is 5.88 Å². The molecule has 1 atom stereocenters. The summed E-state index contributed by atoms with van der Waals surface area (Å²) >= 11 is 0. The standard InChI is InChI=1S/C21H29F2N5O5S/c1-11(2)14-7-16(21(5,22)23)25-17(12(3)4)18(14)26-20(29)27-34(30,31)15-8-24-28-9-13(32-6)10-33-19(15)28/h7-8,11-13H,9-10H2,1-6H3,(H2,26,27,29). The second kappa shape index (κ2) is 9.45. The van der Waals surface area contributed by atoms with Crippen molar-refractivity contribution in [3.8, 4) is 5.88 Å². The number of pyridine rings is 1. The molecule has 2 aromatic heterocycles. The van der Waals surface area contributed by atoms with Gasteiger partial charge in [-0.15, -0.1) is 0 Å². The van der Waals surface area contributed by atoms with E-state index in [2.05, 4.69) is 15.4 Å². The number of methoxy groups -OCH3 is 1. The van der Waals surface area contributed by atoms with Crippen LogP contribution in [0.2, 0.25) is 0 Å². The lowest BCUT2D eigenvalue weighted by atomic mass is 9.95. The lowest BCUT2D eigenvalue weighted by Gasteiger charge is -2.24. The Morgan fingerprint density at radius 1 is 1.29 bits per heavy atom.